The summed E-state index contributed by atoms with van der Waals surface area (Å²) in [7, 11) is 5.69. The number of aromatic nitrogens is 2. The van der Waals surface area contributed by atoms with Crippen LogP contribution in [0.15, 0.2) is 73.1 Å². The van der Waals surface area contributed by atoms with Crippen LogP contribution in [0.1, 0.15) is 25.7 Å². The molecule has 0 spiro atoms. The van der Waals surface area contributed by atoms with Crippen molar-refractivity contribution < 1.29 is 4.74 Å². The number of ether oxygens (including phenoxy) is 1. The van der Waals surface area contributed by atoms with Gasteiger partial charge in [-0.2, -0.15) is 4.98 Å². The lowest BCUT2D eigenvalue weighted by atomic mass is 9.86. The molecule has 2 N–H and O–H groups in total. The van der Waals surface area contributed by atoms with Gasteiger partial charge in [0.15, 0.2) is 0 Å². The Hall–Kier alpha value is -3.12. The molecule has 1 heterocycles. The second-order valence-corrected chi connectivity index (χ2v) is 8.64. The summed E-state index contributed by atoms with van der Waals surface area (Å²) in [6, 6.07) is 8.60. The zero-order valence-corrected chi connectivity index (χ0v) is 20.2. The van der Waals surface area contributed by atoms with Crippen molar-refractivity contribution in [1.29, 1.82) is 0 Å². The second-order valence-electron chi connectivity index (χ2n) is 8.64. The van der Waals surface area contributed by atoms with E-state index in [4.69, 9.17) is 14.7 Å². The van der Waals surface area contributed by atoms with Crippen LogP contribution in [0.2, 0.25) is 0 Å². The first kappa shape index (κ1) is 24.5. The van der Waals surface area contributed by atoms with Crippen LogP contribution in [-0.2, 0) is 4.74 Å². The van der Waals surface area contributed by atoms with E-state index in [-0.39, 0.29) is 0 Å². The van der Waals surface area contributed by atoms with E-state index >= 15 is 0 Å². The van der Waals surface area contributed by atoms with E-state index in [9.17, 15) is 0 Å². The Bertz CT molecular complexity index is 1000. The van der Waals surface area contributed by atoms with Crippen molar-refractivity contribution in [2.75, 3.05) is 44.5 Å². The summed E-state index contributed by atoms with van der Waals surface area (Å²) in [5.41, 5.74) is 1.92. The number of rotatable bonds is 11. The quantitative estimate of drug-likeness (QED) is 0.284. The number of allylic oxidation sites excluding steroid dienone is 4. The van der Waals surface area contributed by atoms with Crippen LogP contribution in [0, 0.1) is 5.92 Å². The molecular formula is C27H37N5O. The maximum atomic E-state index is 5.30. The molecule has 1 aromatic heterocycles. The molecule has 6 heteroatoms. The van der Waals surface area contributed by atoms with Crippen molar-refractivity contribution in [2.45, 2.75) is 31.7 Å². The standard InChI is InChI=1S/C27H37N5O/c1-6-21(25(7-2)33-5)11-10-18-28-19-20-14-16-22(17-15-20)29-27-30-24-13-9-8-12-23(24)26(31-27)32(3)4/h6-13,20,22,28H,1-2,14-19H2,3-5H3,(H,29,30,31)/b11-10+,25-21-. The zero-order valence-electron chi connectivity index (χ0n) is 20.2. The largest absolute Gasteiger partial charge is 0.496 e. The molecule has 1 saturated carbocycles. The Balaban J connectivity index is 1.47. The zero-order chi connectivity index (χ0) is 23.6. The molecule has 6 nitrogen and oxygen atoms in total. The number of nitrogens with one attached hydrogen (secondary N) is 2. The molecule has 176 valence electrons. The molecule has 0 saturated heterocycles. The van der Waals surface area contributed by atoms with Crippen molar-refractivity contribution >= 4 is 22.7 Å². The van der Waals surface area contributed by atoms with Crippen LogP contribution in [0.5, 0.6) is 0 Å². The van der Waals surface area contributed by atoms with Gasteiger partial charge < -0.3 is 20.3 Å². The molecule has 3 rings (SSSR count). The lowest BCUT2D eigenvalue weighted by Gasteiger charge is -2.29. The SMILES string of the molecule is C=CC(/C=C/CNCC1CCC(Nc2nc(N(C)C)c3ccccc3n2)CC1)=C(\C=C)OC. The predicted octanol–water partition coefficient (Wildman–Crippen LogP) is 5.08. The number of hydrogen-bond donors (Lipinski definition) is 2. The number of benzene rings is 1. The number of methoxy groups -OCH3 is 1. The normalized spacial score (nSPS) is 19.2. The fourth-order valence-electron chi connectivity index (χ4n) is 4.29. The Kier molecular flexibility index (Phi) is 9.07. The van der Waals surface area contributed by atoms with Crippen LogP contribution in [0.3, 0.4) is 0 Å². The Morgan fingerprint density at radius 3 is 2.55 bits per heavy atom. The molecule has 0 atom stereocenters. The average molecular weight is 448 g/mol. The molecule has 1 aromatic carbocycles. The lowest BCUT2D eigenvalue weighted by molar-refractivity contribution is 0.305. The summed E-state index contributed by atoms with van der Waals surface area (Å²) >= 11 is 0. The van der Waals surface area contributed by atoms with E-state index in [0.717, 1.165) is 59.9 Å². The smallest absolute Gasteiger partial charge is 0.225 e. The predicted molar refractivity (Wildman–Crippen MR) is 140 cm³/mol. The maximum absolute atomic E-state index is 5.30. The first-order valence-electron chi connectivity index (χ1n) is 11.7. The van der Waals surface area contributed by atoms with E-state index in [2.05, 4.69) is 35.9 Å². The van der Waals surface area contributed by atoms with Gasteiger partial charge in [0, 0.05) is 37.6 Å². The minimum Gasteiger partial charge on any atom is -0.496 e. The van der Waals surface area contributed by atoms with Crippen LogP contribution < -0.4 is 15.5 Å². The average Bonchev–Trinajstić information content (AvgIpc) is 2.83. The number of fused-ring (bicyclic) bond motifs is 1. The van der Waals surface area contributed by atoms with Crippen LogP contribution in [-0.4, -0.2) is 50.3 Å². The fraction of sp³-hybridized carbons (Fsp3) is 0.407. The van der Waals surface area contributed by atoms with Crippen molar-refractivity contribution in [3.8, 4) is 0 Å². The summed E-state index contributed by atoms with van der Waals surface area (Å²) in [5, 5.41) is 8.22. The lowest BCUT2D eigenvalue weighted by Crippen LogP contribution is -2.32. The highest BCUT2D eigenvalue weighted by atomic mass is 16.5. The van der Waals surface area contributed by atoms with Crippen LogP contribution in [0.25, 0.3) is 10.9 Å². The third-order valence-corrected chi connectivity index (χ3v) is 6.09. The Morgan fingerprint density at radius 2 is 1.88 bits per heavy atom. The molecule has 1 fully saturated rings. The molecule has 33 heavy (non-hydrogen) atoms. The number of anilines is 2. The van der Waals surface area contributed by atoms with Crippen LogP contribution >= 0.6 is 0 Å². The highest BCUT2D eigenvalue weighted by molar-refractivity contribution is 5.90. The third kappa shape index (κ3) is 6.68. The number of hydrogen-bond acceptors (Lipinski definition) is 6. The molecule has 0 bridgehead atoms. The van der Waals surface area contributed by atoms with Crippen LogP contribution in [0.4, 0.5) is 11.8 Å². The van der Waals surface area contributed by atoms with Gasteiger partial charge in [0.05, 0.1) is 12.6 Å². The highest BCUT2D eigenvalue weighted by Crippen LogP contribution is 2.28. The summed E-state index contributed by atoms with van der Waals surface area (Å²) in [6.45, 7) is 9.46. The number of para-hydroxylation sites is 1. The molecular weight excluding hydrogens is 410 g/mol. The minimum absolute atomic E-state index is 0.420. The monoisotopic (exact) mass is 447 g/mol. The van der Waals surface area contributed by atoms with Gasteiger partial charge in [-0.25, -0.2) is 4.98 Å². The Morgan fingerprint density at radius 1 is 1.12 bits per heavy atom. The van der Waals surface area contributed by atoms with Crippen molar-refractivity contribution in [2.24, 2.45) is 5.92 Å². The number of nitrogens with zero attached hydrogens (tertiary/aromatic N) is 3. The first-order valence-corrected chi connectivity index (χ1v) is 11.7. The topological polar surface area (TPSA) is 62.3 Å². The molecule has 1 aliphatic rings. The van der Waals surface area contributed by atoms with Crippen molar-refractivity contribution in [1.82, 2.24) is 15.3 Å². The highest BCUT2D eigenvalue weighted by Gasteiger charge is 2.22. The fourth-order valence-corrected chi connectivity index (χ4v) is 4.29. The maximum Gasteiger partial charge on any atom is 0.225 e. The van der Waals surface area contributed by atoms with Gasteiger partial charge in [-0.1, -0.05) is 43.5 Å². The van der Waals surface area contributed by atoms with Gasteiger partial charge in [-0.3, -0.25) is 0 Å². The first-order chi connectivity index (χ1) is 16.0. The van der Waals surface area contributed by atoms with Crippen molar-refractivity contribution in [3.05, 3.63) is 73.1 Å². The summed E-state index contributed by atoms with van der Waals surface area (Å²) in [5.74, 6) is 3.11. The Labute approximate surface area is 198 Å². The molecule has 2 aromatic rings. The van der Waals surface area contributed by atoms with Gasteiger partial charge in [-0.15, -0.1) is 0 Å². The van der Waals surface area contributed by atoms with Gasteiger partial charge in [0.2, 0.25) is 5.95 Å². The van der Waals surface area contributed by atoms with E-state index in [1.165, 1.54) is 12.8 Å². The van der Waals surface area contributed by atoms with Crippen molar-refractivity contribution in [3.63, 3.8) is 0 Å². The third-order valence-electron chi connectivity index (χ3n) is 6.09. The molecule has 0 aliphatic heterocycles. The molecule has 1 aliphatic carbocycles. The summed E-state index contributed by atoms with van der Waals surface area (Å²) < 4.78 is 5.30. The second kappa shape index (κ2) is 12.2. The molecule has 0 amide bonds. The van der Waals surface area contributed by atoms with Gasteiger partial charge in [-0.05, 0) is 56.4 Å². The van der Waals surface area contributed by atoms with E-state index in [1.54, 1.807) is 19.3 Å². The minimum atomic E-state index is 0.420. The summed E-state index contributed by atoms with van der Waals surface area (Å²) in [6.07, 6.45) is 12.3. The molecule has 0 radical (unpaired) electrons. The molecule has 0 unspecified atom stereocenters. The van der Waals surface area contributed by atoms with Gasteiger partial charge >= 0.3 is 0 Å². The van der Waals surface area contributed by atoms with E-state index in [1.807, 2.05) is 43.3 Å². The van der Waals surface area contributed by atoms with E-state index < -0.39 is 0 Å². The van der Waals surface area contributed by atoms with E-state index in [0.29, 0.717) is 12.0 Å². The van der Waals surface area contributed by atoms with Gasteiger partial charge in [0.25, 0.3) is 0 Å². The summed E-state index contributed by atoms with van der Waals surface area (Å²) in [4.78, 5) is 11.6. The van der Waals surface area contributed by atoms with Gasteiger partial charge in [0.1, 0.15) is 11.6 Å².